The van der Waals surface area contributed by atoms with Crippen molar-refractivity contribution < 1.29 is 9.21 Å². The van der Waals surface area contributed by atoms with E-state index in [2.05, 4.69) is 25.8 Å². The Labute approximate surface area is 176 Å². The molecule has 0 spiro atoms. The number of fused-ring (bicyclic) bond motifs is 3. The molecule has 3 aromatic rings. The van der Waals surface area contributed by atoms with Crippen molar-refractivity contribution in [2.45, 2.75) is 12.7 Å². The molecule has 10 nitrogen and oxygen atoms in total. The van der Waals surface area contributed by atoms with Crippen LogP contribution < -0.4 is 16.5 Å². The minimum atomic E-state index is -1.88. The lowest BCUT2D eigenvalue weighted by molar-refractivity contribution is -0.124. The summed E-state index contributed by atoms with van der Waals surface area (Å²) in [6.45, 7) is 2.65. The van der Waals surface area contributed by atoms with Gasteiger partial charge >= 0.3 is 0 Å². The number of benzene rings is 1. The Kier molecular flexibility index (Phi) is 4.12. The zero-order valence-electron chi connectivity index (χ0n) is 15.8. The topological polar surface area (TPSA) is 127 Å². The number of furan rings is 1. The van der Waals surface area contributed by atoms with E-state index in [1.54, 1.807) is 36.4 Å². The number of nitrogens with one attached hydrogen (secondary N) is 2. The molecule has 2 aromatic heterocycles. The summed E-state index contributed by atoms with van der Waals surface area (Å²) in [5.74, 6) is -0.878. The highest BCUT2D eigenvalue weighted by Crippen LogP contribution is 2.32. The average Bonchev–Trinajstić information content (AvgIpc) is 3.46. The van der Waals surface area contributed by atoms with E-state index in [0.717, 1.165) is 0 Å². The van der Waals surface area contributed by atoms with Crippen LogP contribution in [0.5, 0.6) is 0 Å². The van der Waals surface area contributed by atoms with Crippen molar-refractivity contribution in [1.82, 2.24) is 25.2 Å². The van der Waals surface area contributed by atoms with Gasteiger partial charge in [0.1, 0.15) is 0 Å². The first-order chi connectivity index (χ1) is 14.5. The maximum atomic E-state index is 13.2. The molecule has 1 unspecified atom stereocenters. The molecular formula is C19H17ClN8O2. The molecule has 0 saturated carbocycles. The highest BCUT2D eigenvalue weighted by Gasteiger charge is 2.46. The van der Waals surface area contributed by atoms with Crippen LogP contribution in [0.2, 0.25) is 5.02 Å². The highest BCUT2D eigenvalue weighted by atomic mass is 35.5. The van der Waals surface area contributed by atoms with Crippen molar-refractivity contribution in [1.29, 1.82) is 0 Å². The molecule has 0 bridgehead atoms. The quantitative estimate of drug-likeness (QED) is 0.584. The second-order valence-electron chi connectivity index (χ2n) is 6.74. The van der Waals surface area contributed by atoms with Gasteiger partial charge in [-0.05, 0) is 37.3 Å². The van der Waals surface area contributed by atoms with Crippen LogP contribution in [0.15, 0.2) is 58.3 Å². The summed E-state index contributed by atoms with van der Waals surface area (Å²) in [5.41, 5.74) is 10.8. The van der Waals surface area contributed by atoms with Crippen LogP contribution in [0.3, 0.4) is 0 Å². The first-order valence-corrected chi connectivity index (χ1v) is 9.59. The number of carbonyl (C=O) groups excluding carboxylic acids is 1. The second kappa shape index (κ2) is 6.71. The standard InChI is InChI=1S/C19H17ClN8O2/c1-2-27-10-13-15(25-27)24-19(21,18(29)22-12-6-3-5-11(20)9-12)28-17(13)23-16(26-28)14-7-4-8-30-14/h3-10H,2,21H2,1H3,(H,22,29)(H,24,25). The largest absolute Gasteiger partial charge is 0.461 e. The number of hydrogen-bond donors (Lipinski definition) is 3. The van der Waals surface area contributed by atoms with Gasteiger partial charge in [-0.15, -0.1) is 5.10 Å². The van der Waals surface area contributed by atoms with Gasteiger partial charge in [0.15, 0.2) is 17.4 Å². The number of rotatable bonds is 4. The van der Waals surface area contributed by atoms with Crippen LogP contribution in [0.1, 0.15) is 12.7 Å². The fourth-order valence-corrected chi connectivity index (χ4v) is 3.44. The maximum absolute atomic E-state index is 13.2. The fourth-order valence-electron chi connectivity index (χ4n) is 3.25. The molecule has 152 valence electrons. The summed E-state index contributed by atoms with van der Waals surface area (Å²) in [6.07, 6.45) is 3.37. The summed E-state index contributed by atoms with van der Waals surface area (Å²) in [6, 6.07) is 10.2. The number of halogens is 1. The number of nitrogens with two attached hydrogens (primary N) is 1. The molecule has 11 heteroatoms. The zero-order chi connectivity index (χ0) is 20.9. The zero-order valence-corrected chi connectivity index (χ0v) is 16.6. The molecule has 2 aliphatic heterocycles. The van der Waals surface area contributed by atoms with Crippen molar-refractivity contribution in [3.05, 3.63) is 59.7 Å². The Balaban J connectivity index is 1.61. The summed E-state index contributed by atoms with van der Waals surface area (Å²) in [4.78, 5) is 22.3. The van der Waals surface area contributed by atoms with E-state index in [4.69, 9.17) is 21.8 Å². The van der Waals surface area contributed by atoms with Gasteiger partial charge in [-0.1, -0.05) is 17.7 Å². The van der Waals surface area contributed by atoms with E-state index < -0.39 is 11.7 Å². The third-order valence-electron chi connectivity index (χ3n) is 4.74. The van der Waals surface area contributed by atoms with Crippen molar-refractivity contribution in [2.75, 3.05) is 11.9 Å². The molecule has 0 aliphatic carbocycles. The third-order valence-corrected chi connectivity index (χ3v) is 4.98. The molecular weight excluding hydrogens is 408 g/mol. The van der Waals surface area contributed by atoms with Crippen LogP contribution in [0.4, 0.5) is 5.69 Å². The predicted octanol–water partition coefficient (Wildman–Crippen LogP) is 1.99. The van der Waals surface area contributed by atoms with Crippen LogP contribution in [-0.2, 0) is 10.6 Å². The summed E-state index contributed by atoms with van der Waals surface area (Å²) < 4.78 is 6.72. The number of amidine groups is 1. The monoisotopic (exact) mass is 424 g/mol. The van der Waals surface area contributed by atoms with E-state index in [1.807, 2.05) is 18.1 Å². The third kappa shape index (κ3) is 2.85. The van der Waals surface area contributed by atoms with E-state index >= 15 is 0 Å². The number of anilines is 1. The van der Waals surface area contributed by atoms with Gasteiger partial charge < -0.3 is 9.73 Å². The van der Waals surface area contributed by atoms with Crippen LogP contribution in [0.25, 0.3) is 17.2 Å². The molecule has 4 heterocycles. The highest BCUT2D eigenvalue weighted by molar-refractivity contribution is 6.31. The second-order valence-corrected chi connectivity index (χ2v) is 7.18. The molecule has 4 N–H and O–H groups in total. The van der Waals surface area contributed by atoms with Gasteiger partial charge in [0.25, 0.3) is 11.7 Å². The summed E-state index contributed by atoms with van der Waals surface area (Å²) in [5, 5.41) is 9.50. The lowest BCUT2D eigenvalue weighted by atomic mass is 10.1. The van der Waals surface area contributed by atoms with Gasteiger partial charge in [0.05, 0.1) is 11.8 Å². The Hall–Kier alpha value is -3.63. The SMILES string of the molecule is CCN1C=C2C(=NC(N)(C(=O)Nc3cccc(Cl)c3)n3nc(-c4ccco4)nc32)N1. The molecule has 2 aliphatic rings. The first kappa shape index (κ1) is 18.4. The van der Waals surface area contributed by atoms with E-state index in [1.165, 1.54) is 10.9 Å². The lowest BCUT2D eigenvalue weighted by Gasteiger charge is -2.29. The van der Waals surface area contributed by atoms with Crippen molar-refractivity contribution >= 4 is 34.6 Å². The van der Waals surface area contributed by atoms with Crippen molar-refractivity contribution in [3.63, 3.8) is 0 Å². The molecule has 0 fully saturated rings. The Morgan fingerprint density at radius 3 is 2.97 bits per heavy atom. The molecule has 1 atom stereocenters. The van der Waals surface area contributed by atoms with Gasteiger partial charge in [-0.2, -0.15) is 4.68 Å². The first-order valence-electron chi connectivity index (χ1n) is 9.21. The number of hydrazine groups is 1. The molecule has 1 aromatic carbocycles. The average molecular weight is 425 g/mol. The normalized spacial score (nSPS) is 19.5. The Morgan fingerprint density at radius 1 is 1.37 bits per heavy atom. The number of nitrogens with zero attached hydrogens (tertiary/aromatic N) is 5. The number of amides is 1. The molecule has 30 heavy (non-hydrogen) atoms. The minimum Gasteiger partial charge on any atom is -0.461 e. The van der Waals surface area contributed by atoms with Crippen molar-refractivity contribution in [2.24, 2.45) is 10.7 Å². The summed E-state index contributed by atoms with van der Waals surface area (Å²) >= 11 is 6.02. The Bertz CT molecular complexity index is 1200. The van der Waals surface area contributed by atoms with Crippen LogP contribution in [0, 0.1) is 0 Å². The van der Waals surface area contributed by atoms with E-state index in [0.29, 0.717) is 46.1 Å². The molecule has 5 rings (SSSR count). The number of aromatic nitrogens is 3. The van der Waals surface area contributed by atoms with Gasteiger partial charge in [-0.25, -0.2) is 9.98 Å². The maximum Gasteiger partial charge on any atom is 0.291 e. The molecule has 1 amide bonds. The fraction of sp³-hybridized carbons (Fsp3) is 0.158. The molecule has 0 radical (unpaired) electrons. The predicted molar refractivity (Wildman–Crippen MR) is 111 cm³/mol. The Morgan fingerprint density at radius 2 is 2.23 bits per heavy atom. The van der Waals surface area contributed by atoms with Gasteiger partial charge in [0.2, 0.25) is 5.82 Å². The number of aliphatic imine (C=N–C) groups is 1. The van der Waals surface area contributed by atoms with Gasteiger partial charge in [0, 0.05) is 23.5 Å². The molecule has 0 saturated heterocycles. The van der Waals surface area contributed by atoms with Crippen LogP contribution in [-0.4, -0.2) is 38.1 Å². The number of hydrogen-bond acceptors (Lipinski definition) is 8. The van der Waals surface area contributed by atoms with Crippen LogP contribution >= 0.6 is 11.6 Å². The lowest BCUT2D eigenvalue weighted by Crippen LogP contribution is -2.56. The number of carbonyl (C=O) groups is 1. The van der Waals surface area contributed by atoms with Crippen molar-refractivity contribution in [3.8, 4) is 11.6 Å². The smallest absolute Gasteiger partial charge is 0.291 e. The van der Waals surface area contributed by atoms with E-state index in [9.17, 15) is 4.79 Å². The van der Waals surface area contributed by atoms with Gasteiger partial charge in [-0.3, -0.25) is 21.0 Å². The minimum absolute atomic E-state index is 0.299. The van der Waals surface area contributed by atoms with E-state index in [-0.39, 0.29) is 0 Å². The summed E-state index contributed by atoms with van der Waals surface area (Å²) in [7, 11) is 0.